The molecule has 0 bridgehead atoms. The van der Waals surface area contributed by atoms with Gasteiger partial charge in [-0.05, 0) is 37.9 Å². The third-order valence-electron chi connectivity index (χ3n) is 3.99. The van der Waals surface area contributed by atoms with E-state index in [1.54, 1.807) is 11.3 Å². The van der Waals surface area contributed by atoms with Gasteiger partial charge < -0.3 is 4.40 Å². The minimum absolute atomic E-state index is 1.18. The van der Waals surface area contributed by atoms with E-state index in [-0.39, 0.29) is 0 Å². The fraction of sp³-hybridized carbons (Fsp3) is 0. The van der Waals surface area contributed by atoms with Gasteiger partial charge in [-0.25, -0.2) is 0 Å². The van der Waals surface area contributed by atoms with Crippen molar-refractivity contribution >= 4 is 81.3 Å². The maximum Gasteiger partial charge on any atom is 0.0957 e. The van der Waals surface area contributed by atoms with Crippen molar-refractivity contribution in [3.8, 4) is 0 Å². The van der Waals surface area contributed by atoms with Crippen LogP contribution in [0.3, 0.4) is 0 Å². The van der Waals surface area contributed by atoms with E-state index in [2.05, 4.69) is 78.7 Å². The maximum atomic E-state index is 3.73. The second-order valence-electron chi connectivity index (χ2n) is 4.93. The predicted molar refractivity (Wildman–Crippen MR) is 94.4 cm³/mol. The molecule has 0 aliphatic rings. The second-order valence-corrected chi connectivity index (χ2v) is 8.58. The van der Waals surface area contributed by atoms with Crippen molar-refractivity contribution < 1.29 is 0 Å². The summed E-state index contributed by atoms with van der Waals surface area (Å²) in [4.78, 5) is 0. The summed E-state index contributed by atoms with van der Waals surface area (Å²) in [5.41, 5.74) is 3.88. The van der Waals surface area contributed by atoms with Crippen LogP contribution in [-0.2, 0) is 0 Å². The summed E-state index contributed by atoms with van der Waals surface area (Å²) in [7, 11) is 0. The molecule has 0 radical (unpaired) electrons. The van der Waals surface area contributed by atoms with Gasteiger partial charge in [-0.3, -0.25) is 0 Å². The van der Waals surface area contributed by atoms with E-state index in [0.717, 1.165) is 0 Å². The number of para-hydroxylation sites is 2. The molecule has 0 N–H and O–H groups in total. The van der Waals surface area contributed by atoms with E-state index in [1.165, 1.54) is 45.7 Å². The lowest BCUT2D eigenvalue weighted by molar-refractivity contribution is 1.37. The van der Waals surface area contributed by atoms with Gasteiger partial charge in [0.2, 0.25) is 0 Å². The van der Waals surface area contributed by atoms with Gasteiger partial charge in [0, 0.05) is 21.5 Å². The van der Waals surface area contributed by atoms with Crippen molar-refractivity contribution in [3.05, 3.63) is 50.0 Å². The fourth-order valence-electron chi connectivity index (χ4n) is 3.26. The van der Waals surface area contributed by atoms with Gasteiger partial charge in [0.15, 0.2) is 0 Å². The highest BCUT2D eigenvalue weighted by molar-refractivity contribution is 9.12. The predicted octanol–water partition coefficient (Wildman–Crippen LogP) is 6.42. The Hall–Kier alpha value is -1.10. The van der Waals surface area contributed by atoms with Crippen LogP contribution < -0.4 is 0 Å². The van der Waals surface area contributed by atoms with Crippen molar-refractivity contribution in [2.45, 2.75) is 0 Å². The summed E-state index contributed by atoms with van der Waals surface area (Å²) >= 11 is 9.19. The molecule has 0 saturated heterocycles. The van der Waals surface area contributed by atoms with Gasteiger partial charge in [0.1, 0.15) is 0 Å². The fourth-order valence-corrected chi connectivity index (χ4v) is 6.41. The highest BCUT2D eigenvalue weighted by Crippen LogP contribution is 2.47. The number of rotatable bonds is 0. The normalized spacial score (nSPS) is 12.5. The lowest BCUT2D eigenvalue weighted by atomic mass is 10.1. The van der Waals surface area contributed by atoms with Crippen molar-refractivity contribution in [3.63, 3.8) is 0 Å². The van der Waals surface area contributed by atoms with Crippen LogP contribution in [-0.4, -0.2) is 4.40 Å². The van der Waals surface area contributed by atoms with E-state index in [4.69, 9.17) is 0 Å². The molecule has 0 fully saturated rings. The first-order chi connectivity index (χ1) is 9.77. The van der Waals surface area contributed by atoms with Gasteiger partial charge in [-0.15, -0.1) is 11.3 Å². The van der Waals surface area contributed by atoms with Crippen LogP contribution in [0, 0.1) is 0 Å². The summed E-state index contributed by atoms with van der Waals surface area (Å²) < 4.78 is 4.76. The van der Waals surface area contributed by atoms with Crippen LogP contribution in [0.5, 0.6) is 0 Å². The van der Waals surface area contributed by atoms with Crippen molar-refractivity contribution in [1.82, 2.24) is 4.40 Å². The summed E-state index contributed by atoms with van der Waals surface area (Å²) in [5, 5.41) is 5.29. The molecule has 5 aromatic rings. The number of hydrogen-bond donors (Lipinski definition) is 0. The summed E-state index contributed by atoms with van der Waals surface area (Å²) in [6.45, 7) is 0. The van der Waals surface area contributed by atoms with E-state index in [0.29, 0.717) is 0 Å². The molecule has 20 heavy (non-hydrogen) atoms. The molecule has 4 heteroatoms. The second kappa shape index (κ2) is 3.75. The Balaban J connectivity index is 2.32. The zero-order valence-electron chi connectivity index (χ0n) is 10.2. The highest BCUT2D eigenvalue weighted by Gasteiger charge is 2.21. The Morgan fingerprint density at radius 3 is 2.40 bits per heavy atom. The minimum Gasteiger partial charge on any atom is -0.306 e. The molecule has 0 amide bonds. The molecule has 3 heterocycles. The Labute approximate surface area is 135 Å². The smallest absolute Gasteiger partial charge is 0.0957 e. The average molecular weight is 405 g/mol. The average Bonchev–Trinajstić information content (AvgIpc) is 3.06. The Morgan fingerprint density at radius 1 is 0.750 bits per heavy atom. The Kier molecular flexibility index (Phi) is 2.17. The van der Waals surface area contributed by atoms with Crippen LogP contribution in [0.15, 0.2) is 50.0 Å². The van der Waals surface area contributed by atoms with Crippen molar-refractivity contribution in [1.29, 1.82) is 0 Å². The standard InChI is InChI=1S/C16H7Br2NS/c17-15-12-10-6-3-5-9-8-4-1-2-7-11(8)19(13(9)10)14(12)16(18)20-15/h1-7H. The number of nitrogens with zero attached hydrogens (tertiary/aromatic N) is 1. The molecule has 0 atom stereocenters. The van der Waals surface area contributed by atoms with Crippen LogP contribution in [0.4, 0.5) is 0 Å². The van der Waals surface area contributed by atoms with Crippen molar-refractivity contribution in [2.24, 2.45) is 0 Å². The Morgan fingerprint density at radius 2 is 1.50 bits per heavy atom. The van der Waals surface area contributed by atoms with Gasteiger partial charge in [0.25, 0.3) is 0 Å². The number of aromatic nitrogens is 1. The zero-order chi connectivity index (χ0) is 13.4. The molecule has 0 aliphatic heterocycles. The molecule has 2 aromatic carbocycles. The summed E-state index contributed by atoms with van der Waals surface area (Å²) in [6.07, 6.45) is 0. The van der Waals surface area contributed by atoms with Gasteiger partial charge >= 0.3 is 0 Å². The zero-order valence-corrected chi connectivity index (χ0v) is 14.1. The summed E-state index contributed by atoms with van der Waals surface area (Å²) in [6, 6.07) is 15.2. The van der Waals surface area contributed by atoms with E-state index < -0.39 is 0 Å². The van der Waals surface area contributed by atoms with Crippen molar-refractivity contribution in [2.75, 3.05) is 0 Å². The first kappa shape index (κ1) is 11.5. The quantitative estimate of drug-likeness (QED) is 0.280. The molecule has 3 aromatic heterocycles. The molecular formula is C16H7Br2NS. The maximum absolute atomic E-state index is 3.73. The monoisotopic (exact) mass is 403 g/mol. The molecule has 0 unspecified atom stereocenters. The largest absolute Gasteiger partial charge is 0.306 e. The van der Waals surface area contributed by atoms with Crippen LogP contribution in [0.1, 0.15) is 0 Å². The first-order valence-corrected chi connectivity index (χ1v) is 8.68. The molecule has 0 spiro atoms. The van der Waals surface area contributed by atoms with Crippen LogP contribution in [0.2, 0.25) is 0 Å². The number of fused-ring (bicyclic) bond motifs is 6. The lowest BCUT2D eigenvalue weighted by Crippen LogP contribution is -1.78. The van der Waals surface area contributed by atoms with Gasteiger partial charge in [0.05, 0.1) is 24.1 Å². The summed E-state index contributed by atoms with van der Waals surface area (Å²) in [5.74, 6) is 0. The third-order valence-corrected chi connectivity index (χ3v) is 6.49. The van der Waals surface area contributed by atoms with Crippen LogP contribution >= 0.6 is 43.2 Å². The molecule has 96 valence electrons. The van der Waals surface area contributed by atoms with Gasteiger partial charge in [-0.1, -0.05) is 36.4 Å². The van der Waals surface area contributed by atoms with Crippen LogP contribution in [0.25, 0.3) is 38.1 Å². The SMILES string of the molecule is Brc1sc(Br)c2c1c1cccc3c4ccccc4n2c31. The Bertz CT molecular complexity index is 1120. The number of hydrogen-bond acceptors (Lipinski definition) is 1. The lowest BCUT2D eigenvalue weighted by Gasteiger charge is -1.93. The number of halogens is 2. The molecule has 5 rings (SSSR count). The third kappa shape index (κ3) is 1.19. The first-order valence-electron chi connectivity index (χ1n) is 6.28. The number of benzene rings is 2. The number of thiophene rings is 1. The van der Waals surface area contributed by atoms with E-state index in [9.17, 15) is 0 Å². The molecular weight excluding hydrogens is 398 g/mol. The topological polar surface area (TPSA) is 4.41 Å². The highest BCUT2D eigenvalue weighted by atomic mass is 79.9. The van der Waals surface area contributed by atoms with E-state index >= 15 is 0 Å². The molecule has 1 nitrogen and oxygen atoms in total. The van der Waals surface area contributed by atoms with E-state index in [1.807, 2.05) is 0 Å². The van der Waals surface area contributed by atoms with Gasteiger partial charge in [-0.2, -0.15) is 0 Å². The minimum atomic E-state index is 1.18. The molecule has 0 aliphatic carbocycles. The molecule has 0 saturated carbocycles.